The first-order valence-corrected chi connectivity index (χ1v) is 28.2. The SMILES string of the molecule is Cc1nc(-c2cccc(S(=O)(=O)NCC3(c4nc(-c5ccccc5)cs4)CCOCC3)c2)no1.N/C(=N\O)c1cccc(S(=O)(=O)NCC2(c3nc(-c4ccccc4)cs3)CCOCC2)c1.O=C(OC(=O)C(F)(F)F)C(F)(F)F. The van der Waals surface area contributed by atoms with Gasteiger partial charge in [-0.15, -0.1) is 22.7 Å². The Morgan fingerprint density at radius 3 is 1.51 bits per heavy atom. The molecule has 0 unspecified atom stereocenters. The van der Waals surface area contributed by atoms with Gasteiger partial charge in [0.1, 0.15) is 10.0 Å². The highest BCUT2D eigenvalue weighted by molar-refractivity contribution is 7.89. The summed E-state index contributed by atoms with van der Waals surface area (Å²) < 4.78 is 144. The Bertz CT molecular complexity index is 3430. The molecule has 2 fully saturated rings. The third kappa shape index (κ3) is 15.4. The summed E-state index contributed by atoms with van der Waals surface area (Å²) in [6, 6.07) is 32.4. The van der Waals surface area contributed by atoms with Gasteiger partial charge < -0.3 is 29.7 Å². The Labute approximate surface area is 456 Å². The van der Waals surface area contributed by atoms with Crippen molar-refractivity contribution >= 4 is 60.5 Å². The Kier molecular flexibility index (Phi) is 19.2. The number of alkyl halides is 6. The minimum Gasteiger partial charge on any atom is -0.409 e. The van der Waals surface area contributed by atoms with Gasteiger partial charge in [-0.3, -0.25) is 0 Å². The van der Waals surface area contributed by atoms with Crippen LogP contribution in [0.2, 0.25) is 0 Å². The molecule has 2 aliphatic rings. The fourth-order valence-corrected chi connectivity index (χ4v) is 12.4. The van der Waals surface area contributed by atoms with Crippen molar-refractivity contribution in [2.75, 3.05) is 39.5 Å². The van der Waals surface area contributed by atoms with E-state index < -0.39 is 55.2 Å². The van der Waals surface area contributed by atoms with E-state index in [0.29, 0.717) is 75.0 Å². The lowest BCUT2D eigenvalue weighted by Gasteiger charge is -2.35. The summed E-state index contributed by atoms with van der Waals surface area (Å²) >= 11 is 3.11. The molecule has 29 heteroatoms. The summed E-state index contributed by atoms with van der Waals surface area (Å²) in [5.74, 6) is -5.78. The second kappa shape index (κ2) is 25.4. The van der Waals surface area contributed by atoms with E-state index >= 15 is 0 Å². The number of aryl methyl sites for hydroxylation is 1. The van der Waals surface area contributed by atoms with Crippen LogP contribution in [-0.4, -0.2) is 112 Å². The molecule has 0 saturated carbocycles. The quantitative estimate of drug-likeness (QED) is 0.0151. The fourth-order valence-electron chi connectivity index (χ4n) is 7.91. The molecule has 4 aromatic carbocycles. The van der Waals surface area contributed by atoms with Crippen LogP contribution in [0.5, 0.6) is 0 Å². The number of benzene rings is 4. The van der Waals surface area contributed by atoms with Crippen LogP contribution in [0.15, 0.2) is 139 Å². The molecule has 420 valence electrons. The second-order valence-corrected chi connectivity index (χ2v) is 22.8. The van der Waals surface area contributed by atoms with Crippen molar-refractivity contribution in [2.45, 2.75) is 65.6 Å². The van der Waals surface area contributed by atoms with Crippen molar-refractivity contribution in [3.8, 4) is 33.9 Å². The number of hydrogen-bond acceptors (Lipinski definition) is 18. The molecule has 79 heavy (non-hydrogen) atoms. The molecule has 3 aromatic heterocycles. The van der Waals surface area contributed by atoms with E-state index in [1.807, 2.05) is 71.4 Å². The van der Waals surface area contributed by atoms with Gasteiger partial charge >= 0.3 is 24.3 Å². The van der Waals surface area contributed by atoms with Crippen molar-refractivity contribution in [2.24, 2.45) is 10.9 Å². The fraction of sp³-hybridized carbons (Fsp3) is 0.300. The molecule has 0 spiro atoms. The van der Waals surface area contributed by atoms with Gasteiger partial charge in [0.05, 0.1) is 21.2 Å². The largest absolute Gasteiger partial charge is 0.491 e. The Morgan fingerprint density at radius 2 is 1.09 bits per heavy atom. The number of sulfonamides is 2. The molecule has 9 rings (SSSR count). The molecule has 2 aliphatic heterocycles. The number of nitrogens with one attached hydrogen (secondary N) is 2. The van der Waals surface area contributed by atoms with E-state index in [0.717, 1.165) is 32.5 Å². The van der Waals surface area contributed by atoms with Gasteiger partial charge in [0.15, 0.2) is 5.84 Å². The highest BCUT2D eigenvalue weighted by Gasteiger charge is 2.49. The number of thiazole rings is 2. The first kappa shape index (κ1) is 59.7. The van der Waals surface area contributed by atoms with Crippen molar-refractivity contribution in [1.29, 1.82) is 0 Å². The number of halogens is 6. The van der Waals surface area contributed by atoms with E-state index in [-0.39, 0.29) is 28.7 Å². The summed E-state index contributed by atoms with van der Waals surface area (Å²) in [7, 11) is -7.60. The van der Waals surface area contributed by atoms with Crippen molar-refractivity contribution in [3.05, 3.63) is 141 Å². The monoisotopic (exact) mass is 1180 g/mol. The molecule has 0 bridgehead atoms. The van der Waals surface area contributed by atoms with Gasteiger partial charge in [-0.2, -0.15) is 31.3 Å². The molecule has 7 aromatic rings. The Balaban J connectivity index is 0.000000188. The molecule has 0 aliphatic carbocycles. The molecule has 2 saturated heterocycles. The molecular formula is C50H48F6N8O11S4. The van der Waals surface area contributed by atoms with Crippen LogP contribution in [0.1, 0.15) is 47.2 Å². The highest BCUT2D eigenvalue weighted by Crippen LogP contribution is 2.40. The van der Waals surface area contributed by atoms with Gasteiger partial charge in [0.25, 0.3) is 0 Å². The second-order valence-electron chi connectivity index (χ2n) is 17.6. The number of nitrogens with zero attached hydrogens (tertiary/aromatic N) is 5. The predicted octanol–water partition coefficient (Wildman–Crippen LogP) is 8.31. The average Bonchev–Trinajstić information content (AvgIpc) is 4.40. The lowest BCUT2D eigenvalue weighted by Crippen LogP contribution is -2.44. The van der Waals surface area contributed by atoms with Gasteiger partial charge in [-0.25, -0.2) is 45.8 Å². The molecule has 5 heterocycles. The van der Waals surface area contributed by atoms with E-state index in [1.54, 1.807) is 66.0 Å². The zero-order valence-electron chi connectivity index (χ0n) is 41.4. The molecule has 0 radical (unpaired) electrons. The topological polar surface area (TPSA) is 277 Å². The summed E-state index contributed by atoms with van der Waals surface area (Å²) in [5, 5.41) is 21.6. The van der Waals surface area contributed by atoms with E-state index in [4.69, 9.17) is 34.9 Å². The Hall–Kier alpha value is -6.99. The molecule has 5 N–H and O–H groups in total. The third-order valence-electron chi connectivity index (χ3n) is 12.3. The lowest BCUT2D eigenvalue weighted by atomic mass is 9.81. The summed E-state index contributed by atoms with van der Waals surface area (Å²) in [6.07, 6.45) is -8.52. The van der Waals surface area contributed by atoms with Gasteiger partial charge in [-0.05, 0) is 49.9 Å². The van der Waals surface area contributed by atoms with Crippen LogP contribution in [0.4, 0.5) is 26.3 Å². The lowest BCUT2D eigenvalue weighted by molar-refractivity contribution is -0.221. The minimum atomic E-state index is -5.62. The van der Waals surface area contributed by atoms with E-state index in [2.05, 4.69) is 29.5 Å². The highest BCUT2D eigenvalue weighted by atomic mass is 32.2. The zero-order chi connectivity index (χ0) is 57.1. The number of oxime groups is 1. The van der Waals surface area contributed by atoms with Gasteiger partial charge in [0.2, 0.25) is 31.8 Å². The number of carbonyl (C=O) groups is 2. The average molecular weight is 1180 g/mol. The maximum Gasteiger partial charge on any atom is 0.491 e. The van der Waals surface area contributed by atoms with Crippen LogP contribution in [-0.2, 0) is 54.7 Å². The molecule has 0 atom stereocenters. The smallest absolute Gasteiger partial charge is 0.409 e. The zero-order valence-corrected chi connectivity index (χ0v) is 44.6. The number of rotatable bonds is 14. The Morgan fingerprint density at radius 1 is 0.658 bits per heavy atom. The van der Waals surface area contributed by atoms with Crippen LogP contribution < -0.4 is 15.2 Å². The first-order valence-electron chi connectivity index (χ1n) is 23.5. The number of carbonyl (C=O) groups excluding carboxylic acids is 2. The van der Waals surface area contributed by atoms with Crippen LogP contribution in [0.3, 0.4) is 0 Å². The number of nitrogens with two attached hydrogens (primary N) is 1. The predicted molar refractivity (Wildman–Crippen MR) is 276 cm³/mol. The van der Waals surface area contributed by atoms with Crippen LogP contribution in [0.25, 0.3) is 33.9 Å². The van der Waals surface area contributed by atoms with Crippen LogP contribution >= 0.6 is 22.7 Å². The first-order chi connectivity index (χ1) is 37.4. The maximum atomic E-state index is 13.2. The van der Waals surface area contributed by atoms with Gasteiger partial charge in [0, 0.05) is 90.3 Å². The number of esters is 2. The summed E-state index contributed by atoms with van der Waals surface area (Å²) in [6.45, 7) is 4.35. The van der Waals surface area contributed by atoms with E-state index in [1.165, 1.54) is 12.1 Å². The third-order valence-corrected chi connectivity index (χ3v) is 17.3. The number of ether oxygens (including phenoxy) is 3. The molecule has 0 amide bonds. The van der Waals surface area contributed by atoms with Crippen molar-refractivity contribution in [3.63, 3.8) is 0 Å². The minimum absolute atomic E-state index is 0.0490. The van der Waals surface area contributed by atoms with Crippen LogP contribution in [0, 0.1) is 6.92 Å². The van der Waals surface area contributed by atoms with E-state index in [9.17, 15) is 52.8 Å². The van der Waals surface area contributed by atoms with Crippen molar-refractivity contribution < 1.29 is 76.7 Å². The normalized spacial score (nSPS) is 15.7. The standard InChI is InChI=1S/C24H24N4O4S2.C22H24N4O4S2.C4F6O3/c1-17-26-22(28-32-17)19-8-5-9-20(14-19)34(29,30)25-16-24(10-12-31-13-11-24)23-27-21(15-33-23)18-6-3-2-4-7-18;23-20(26-27)17-7-4-8-18(13-17)32(28,29)24-15-22(9-11-30-12-10-22)21-25-19(14-31-21)16-5-2-1-3-6-16;5-3(6,7)1(11)13-2(12)4(8,9)10/h2-9,14-15,25H,10-13,16H2,1H3;1-8,13-14,24,27H,9-12,15H2,(H2,23,26);. The maximum absolute atomic E-state index is 13.2. The molecule has 19 nitrogen and oxygen atoms in total. The summed E-state index contributed by atoms with van der Waals surface area (Å²) in [4.78, 5) is 33.5. The summed E-state index contributed by atoms with van der Waals surface area (Å²) in [5.41, 5.74) is 9.48. The van der Waals surface area contributed by atoms with Crippen molar-refractivity contribution in [1.82, 2.24) is 29.6 Å². The number of aromatic nitrogens is 4. The number of hydrogen-bond donors (Lipinski definition) is 4. The molecular weight excluding hydrogens is 1130 g/mol. The number of amidine groups is 1. The van der Waals surface area contributed by atoms with Gasteiger partial charge in [-0.1, -0.05) is 95.2 Å².